The smallest absolute Gasteiger partial charge is 0.740 e. The van der Waals surface area contributed by atoms with Crippen LogP contribution < -0.4 is 56.1 Å². The van der Waals surface area contributed by atoms with E-state index in [9.17, 15) is 0 Å². The molecule has 0 spiro atoms. The standard InChI is InChI=1S/C22H18ClN3OS.K/c23-18-10-12-19(13-11-18)27-15-21-24-25-22(28)26(21)14-17-8-4-5-9-20(17)16-6-2-1-3-7-16;/h1-13H,14-15H2,(H,25,28);/q;+1/p-1. The van der Waals surface area contributed by atoms with Crippen LogP contribution in [0.1, 0.15) is 11.4 Å². The topological polar surface area (TPSA) is 39.9 Å². The van der Waals surface area contributed by atoms with E-state index in [0.717, 1.165) is 22.4 Å². The molecule has 4 nitrogen and oxygen atoms in total. The van der Waals surface area contributed by atoms with E-state index >= 15 is 0 Å². The number of hydrogen-bond donors (Lipinski definition) is 0. The number of aromatic nitrogens is 3. The van der Waals surface area contributed by atoms with Gasteiger partial charge in [-0.05, 0) is 41.0 Å². The van der Waals surface area contributed by atoms with Crippen molar-refractivity contribution in [2.45, 2.75) is 18.3 Å². The van der Waals surface area contributed by atoms with Gasteiger partial charge in [0.25, 0.3) is 0 Å². The van der Waals surface area contributed by atoms with Crippen LogP contribution in [0.5, 0.6) is 5.75 Å². The largest absolute Gasteiger partial charge is 1.00 e. The second-order valence-electron chi connectivity index (χ2n) is 6.25. The average molecular weight is 446 g/mol. The van der Waals surface area contributed by atoms with E-state index in [1.165, 1.54) is 0 Å². The predicted molar refractivity (Wildman–Crippen MR) is 112 cm³/mol. The molecule has 0 aliphatic heterocycles. The van der Waals surface area contributed by atoms with Gasteiger partial charge in [0.1, 0.15) is 12.4 Å². The third kappa shape index (κ3) is 5.67. The molecule has 0 aliphatic rings. The molecule has 0 unspecified atom stereocenters. The number of nitrogens with zero attached hydrogens (tertiary/aromatic N) is 3. The third-order valence-electron chi connectivity index (χ3n) is 4.41. The Morgan fingerprint density at radius 2 is 1.55 bits per heavy atom. The summed E-state index contributed by atoms with van der Waals surface area (Å²) in [7, 11) is 0. The monoisotopic (exact) mass is 445 g/mol. The van der Waals surface area contributed by atoms with Gasteiger partial charge < -0.3 is 21.9 Å². The Bertz CT molecular complexity index is 1070. The van der Waals surface area contributed by atoms with Crippen LogP contribution in [0.25, 0.3) is 11.1 Å². The maximum Gasteiger partial charge on any atom is 1.00 e. The average Bonchev–Trinajstić information content (AvgIpc) is 3.08. The molecule has 4 aromatic rings. The van der Waals surface area contributed by atoms with Crippen LogP contribution in [-0.2, 0) is 25.8 Å². The van der Waals surface area contributed by atoms with E-state index in [4.69, 9.17) is 29.0 Å². The van der Waals surface area contributed by atoms with E-state index in [0.29, 0.717) is 22.5 Å². The molecule has 7 heteroatoms. The van der Waals surface area contributed by atoms with Crippen molar-refractivity contribution in [1.82, 2.24) is 14.8 Å². The van der Waals surface area contributed by atoms with Crippen LogP contribution in [0, 0.1) is 0 Å². The molecule has 0 radical (unpaired) electrons. The van der Waals surface area contributed by atoms with Gasteiger partial charge in [0, 0.05) is 16.7 Å². The van der Waals surface area contributed by atoms with Crippen molar-refractivity contribution >= 4 is 24.2 Å². The van der Waals surface area contributed by atoms with Crippen LogP contribution in [-0.4, -0.2) is 14.8 Å². The Hall–Kier alpha value is -1.25. The second kappa shape index (κ2) is 10.7. The molecule has 0 aliphatic carbocycles. The van der Waals surface area contributed by atoms with E-state index in [2.05, 4.69) is 34.5 Å². The first-order chi connectivity index (χ1) is 13.7. The van der Waals surface area contributed by atoms with Crippen molar-refractivity contribution in [2.75, 3.05) is 0 Å². The first kappa shape index (κ1) is 22.4. The molecular weight excluding hydrogens is 429 g/mol. The summed E-state index contributed by atoms with van der Waals surface area (Å²) in [5.74, 6) is 1.40. The normalized spacial score (nSPS) is 10.4. The van der Waals surface area contributed by atoms with Crippen LogP contribution in [0.2, 0.25) is 5.02 Å². The molecule has 0 bridgehead atoms. The minimum absolute atomic E-state index is 0. The Labute approximate surface area is 223 Å². The molecule has 0 saturated carbocycles. The maximum atomic E-state index is 5.92. The molecule has 1 aromatic heterocycles. The van der Waals surface area contributed by atoms with Crippen molar-refractivity contribution in [2.24, 2.45) is 0 Å². The van der Waals surface area contributed by atoms with E-state index < -0.39 is 0 Å². The maximum absolute atomic E-state index is 5.92. The Morgan fingerprint density at radius 3 is 2.31 bits per heavy atom. The number of halogens is 1. The molecule has 140 valence electrons. The molecule has 0 atom stereocenters. The van der Waals surface area contributed by atoms with Crippen LogP contribution in [0.3, 0.4) is 0 Å². The summed E-state index contributed by atoms with van der Waals surface area (Å²) in [6, 6.07) is 25.8. The summed E-state index contributed by atoms with van der Waals surface area (Å²) < 4.78 is 7.74. The van der Waals surface area contributed by atoms with Crippen molar-refractivity contribution in [1.29, 1.82) is 0 Å². The van der Waals surface area contributed by atoms with Crippen molar-refractivity contribution in [3.8, 4) is 16.9 Å². The zero-order chi connectivity index (χ0) is 19.3. The van der Waals surface area contributed by atoms with E-state index in [-0.39, 0.29) is 58.0 Å². The second-order valence-corrected chi connectivity index (χ2v) is 7.05. The van der Waals surface area contributed by atoms with Crippen molar-refractivity contribution in [3.63, 3.8) is 0 Å². The quantitative estimate of drug-likeness (QED) is 0.337. The van der Waals surface area contributed by atoms with Gasteiger partial charge in [-0.25, -0.2) is 0 Å². The minimum Gasteiger partial charge on any atom is -0.740 e. The predicted octanol–water partition coefficient (Wildman–Crippen LogP) is 2.14. The fraction of sp³-hybridized carbons (Fsp3) is 0.0909. The van der Waals surface area contributed by atoms with Gasteiger partial charge in [-0.2, -0.15) is 5.10 Å². The number of ether oxygens (including phenoxy) is 1. The van der Waals surface area contributed by atoms with Gasteiger partial charge in [-0.3, -0.25) is 0 Å². The van der Waals surface area contributed by atoms with Gasteiger partial charge in [0.05, 0.1) is 0 Å². The van der Waals surface area contributed by atoms with Gasteiger partial charge >= 0.3 is 51.4 Å². The summed E-state index contributed by atoms with van der Waals surface area (Å²) in [6.07, 6.45) is 0. The zero-order valence-electron chi connectivity index (χ0n) is 16.0. The van der Waals surface area contributed by atoms with Crippen LogP contribution >= 0.6 is 11.6 Å². The molecule has 3 aromatic carbocycles. The fourth-order valence-electron chi connectivity index (χ4n) is 2.99. The zero-order valence-corrected chi connectivity index (χ0v) is 20.7. The molecule has 4 rings (SSSR count). The van der Waals surface area contributed by atoms with Gasteiger partial charge in [0.2, 0.25) is 0 Å². The first-order valence-corrected chi connectivity index (χ1v) is 9.60. The number of benzene rings is 3. The summed E-state index contributed by atoms with van der Waals surface area (Å²) in [6.45, 7) is 0.856. The molecule has 0 fully saturated rings. The number of hydrogen-bond acceptors (Lipinski definition) is 4. The van der Waals surface area contributed by atoms with Crippen molar-refractivity contribution < 1.29 is 56.1 Å². The molecule has 0 N–H and O–H groups in total. The Balaban J connectivity index is 0.00000240. The number of rotatable bonds is 6. The molecule has 0 amide bonds. The SMILES string of the molecule is [K+].[S-]c1nnc(COc2ccc(Cl)cc2)n1Cc1ccccc1-c1ccccc1. The van der Waals surface area contributed by atoms with E-state index in [1.54, 1.807) is 12.1 Å². The Morgan fingerprint density at radius 1 is 0.862 bits per heavy atom. The third-order valence-corrected chi connectivity index (χ3v) is 4.96. The van der Waals surface area contributed by atoms with Gasteiger partial charge in [-0.15, -0.1) is 5.10 Å². The molecular formula is C22H17ClKN3OS. The van der Waals surface area contributed by atoms with Crippen LogP contribution in [0.15, 0.2) is 84.0 Å². The summed E-state index contributed by atoms with van der Waals surface area (Å²) in [4.78, 5) is 0. The molecule has 0 saturated heterocycles. The minimum atomic E-state index is 0. The van der Waals surface area contributed by atoms with E-state index in [1.807, 2.05) is 47.0 Å². The van der Waals surface area contributed by atoms with Gasteiger partial charge in [-0.1, -0.05) is 66.2 Å². The fourth-order valence-corrected chi connectivity index (χ4v) is 3.33. The Kier molecular flexibility index (Phi) is 8.26. The van der Waals surface area contributed by atoms with Gasteiger partial charge in [0.15, 0.2) is 5.82 Å². The first-order valence-electron chi connectivity index (χ1n) is 8.81. The van der Waals surface area contributed by atoms with Crippen molar-refractivity contribution in [3.05, 3.63) is 95.3 Å². The summed E-state index contributed by atoms with van der Waals surface area (Å²) in [5.41, 5.74) is 3.47. The summed E-state index contributed by atoms with van der Waals surface area (Å²) in [5, 5.41) is 9.38. The molecule has 1 heterocycles. The summed E-state index contributed by atoms with van der Waals surface area (Å²) >= 11 is 11.3. The van der Waals surface area contributed by atoms with Crippen LogP contribution in [0.4, 0.5) is 0 Å². The molecule has 29 heavy (non-hydrogen) atoms.